The van der Waals surface area contributed by atoms with Gasteiger partial charge in [0.1, 0.15) is 5.75 Å². The van der Waals surface area contributed by atoms with Gasteiger partial charge in [-0.3, -0.25) is 4.79 Å². The second kappa shape index (κ2) is 5.54. The number of carbonyl (C=O) groups is 1. The van der Waals surface area contributed by atoms with Crippen molar-refractivity contribution in [2.75, 3.05) is 12.9 Å². The van der Waals surface area contributed by atoms with Crippen LogP contribution in [0.4, 0.5) is 0 Å². The Balaban J connectivity index is 1.99. The molecule has 1 heterocycles. The van der Waals surface area contributed by atoms with Crippen molar-refractivity contribution < 1.29 is 9.53 Å². The van der Waals surface area contributed by atoms with Crippen LogP contribution in [0.25, 0.3) is 0 Å². The van der Waals surface area contributed by atoms with E-state index in [4.69, 9.17) is 4.74 Å². The highest BCUT2D eigenvalue weighted by molar-refractivity contribution is 7.99. The first-order valence-corrected chi connectivity index (χ1v) is 6.07. The summed E-state index contributed by atoms with van der Waals surface area (Å²) in [6, 6.07) is 7.15. The zero-order valence-corrected chi connectivity index (χ0v) is 10.2. The lowest BCUT2D eigenvalue weighted by Crippen LogP contribution is -2.02. The third kappa shape index (κ3) is 3.10. The molecule has 0 amide bonds. The first-order valence-electron chi connectivity index (χ1n) is 5.09. The number of carbonyl (C=O) groups excluding carboxylic acids is 1. The second-order valence-electron chi connectivity index (χ2n) is 3.34. The van der Waals surface area contributed by atoms with Crippen LogP contribution >= 0.6 is 11.8 Å². The zero-order chi connectivity index (χ0) is 12.1. The van der Waals surface area contributed by atoms with Gasteiger partial charge in [-0.25, -0.2) is 4.98 Å². The van der Waals surface area contributed by atoms with Crippen molar-refractivity contribution in [2.24, 2.45) is 0 Å². The van der Waals surface area contributed by atoms with Crippen LogP contribution in [0.2, 0.25) is 0 Å². The summed E-state index contributed by atoms with van der Waals surface area (Å²) in [4.78, 5) is 18.9. The van der Waals surface area contributed by atoms with Gasteiger partial charge in [0.05, 0.1) is 12.9 Å². The molecule has 0 aliphatic heterocycles. The van der Waals surface area contributed by atoms with E-state index in [1.165, 1.54) is 11.8 Å². The van der Waals surface area contributed by atoms with Gasteiger partial charge in [0.15, 0.2) is 10.9 Å². The molecule has 0 radical (unpaired) electrons. The van der Waals surface area contributed by atoms with E-state index >= 15 is 0 Å². The Labute approximate surface area is 103 Å². The number of thioether (sulfide) groups is 1. The van der Waals surface area contributed by atoms with Crippen LogP contribution in [-0.2, 0) is 0 Å². The van der Waals surface area contributed by atoms with E-state index in [0.29, 0.717) is 17.1 Å². The molecule has 5 heteroatoms. The van der Waals surface area contributed by atoms with Crippen LogP contribution in [0.3, 0.4) is 0 Å². The molecule has 0 aliphatic carbocycles. The summed E-state index contributed by atoms with van der Waals surface area (Å²) < 4.78 is 5.08. The van der Waals surface area contributed by atoms with Crippen molar-refractivity contribution >= 4 is 17.5 Å². The molecular weight excluding hydrogens is 236 g/mol. The van der Waals surface area contributed by atoms with E-state index in [1.54, 1.807) is 31.6 Å². The number of hydrogen-bond acceptors (Lipinski definition) is 4. The lowest BCUT2D eigenvalue weighted by Gasteiger charge is -2.02. The molecule has 0 aliphatic rings. The Hall–Kier alpha value is -1.75. The van der Waals surface area contributed by atoms with Crippen LogP contribution in [0.1, 0.15) is 10.4 Å². The number of aromatic nitrogens is 2. The number of ketones is 1. The Kier molecular flexibility index (Phi) is 3.82. The lowest BCUT2D eigenvalue weighted by molar-refractivity contribution is 0.102. The van der Waals surface area contributed by atoms with Gasteiger partial charge in [-0.05, 0) is 12.1 Å². The Morgan fingerprint density at radius 1 is 1.53 bits per heavy atom. The molecule has 1 N–H and O–H groups in total. The zero-order valence-electron chi connectivity index (χ0n) is 9.34. The summed E-state index contributed by atoms with van der Waals surface area (Å²) >= 11 is 1.39. The summed E-state index contributed by atoms with van der Waals surface area (Å²) in [5.41, 5.74) is 0.656. The molecule has 0 saturated heterocycles. The molecule has 2 aromatic rings. The molecule has 0 atom stereocenters. The van der Waals surface area contributed by atoms with Gasteiger partial charge < -0.3 is 9.72 Å². The van der Waals surface area contributed by atoms with Crippen molar-refractivity contribution in [2.45, 2.75) is 5.16 Å². The molecule has 0 unspecified atom stereocenters. The number of hydrogen-bond donors (Lipinski definition) is 1. The van der Waals surface area contributed by atoms with E-state index in [-0.39, 0.29) is 5.78 Å². The molecule has 0 spiro atoms. The van der Waals surface area contributed by atoms with Crippen molar-refractivity contribution in [3.05, 3.63) is 42.2 Å². The predicted octanol–water partition coefficient (Wildman–Crippen LogP) is 2.39. The molecule has 1 aromatic carbocycles. The average Bonchev–Trinajstić information content (AvgIpc) is 2.89. The number of rotatable bonds is 5. The van der Waals surface area contributed by atoms with E-state index in [1.807, 2.05) is 12.1 Å². The highest BCUT2D eigenvalue weighted by Gasteiger charge is 2.08. The summed E-state index contributed by atoms with van der Waals surface area (Å²) in [6.07, 6.45) is 3.40. The summed E-state index contributed by atoms with van der Waals surface area (Å²) in [5, 5.41) is 0.751. The Bertz CT molecular complexity index is 497. The predicted molar refractivity (Wildman–Crippen MR) is 66.6 cm³/mol. The quantitative estimate of drug-likeness (QED) is 0.652. The van der Waals surface area contributed by atoms with Gasteiger partial charge in [0.25, 0.3) is 0 Å². The van der Waals surface area contributed by atoms with Gasteiger partial charge in [-0.2, -0.15) is 0 Å². The van der Waals surface area contributed by atoms with Gasteiger partial charge in [0.2, 0.25) is 0 Å². The van der Waals surface area contributed by atoms with E-state index in [9.17, 15) is 4.79 Å². The number of aromatic amines is 1. The van der Waals surface area contributed by atoms with Gasteiger partial charge >= 0.3 is 0 Å². The standard InChI is InChI=1S/C12H12N2O2S/c1-16-10-4-2-3-9(7-10)11(15)8-17-12-13-5-6-14-12/h2-7H,8H2,1H3,(H,13,14). The van der Waals surface area contributed by atoms with E-state index in [0.717, 1.165) is 5.16 Å². The lowest BCUT2D eigenvalue weighted by atomic mass is 10.1. The number of nitrogens with one attached hydrogen (secondary N) is 1. The second-order valence-corrected chi connectivity index (χ2v) is 4.30. The summed E-state index contributed by atoms with van der Waals surface area (Å²) in [5.74, 6) is 1.12. The van der Waals surface area contributed by atoms with Crippen LogP contribution in [0.5, 0.6) is 5.75 Å². The SMILES string of the molecule is COc1cccc(C(=O)CSc2ncc[nH]2)c1. The fourth-order valence-corrected chi connectivity index (χ4v) is 2.06. The summed E-state index contributed by atoms with van der Waals surface area (Å²) in [6.45, 7) is 0. The normalized spacial score (nSPS) is 10.2. The molecule has 4 nitrogen and oxygen atoms in total. The number of H-pyrrole nitrogens is 1. The highest BCUT2D eigenvalue weighted by atomic mass is 32.2. The maximum Gasteiger partial charge on any atom is 0.173 e. The number of Topliss-reactive ketones (excluding diaryl/α,β-unsaturated/α-hetero) is 1. The fraction of sp³-hybridized carbons (Fsp3) is 0.167. The Morgan fingerprint density at radius 3 is 3.12 bits per heavy atom. The van der Waals surface area contributed by atoms with Crippen molar-refractivity contribution in [1.82, 2.24) is 9.97 Å². The first-order chi connectivity index (χ1) is 8.29. The molecule has 0 fully saturated rings. The van der Waals surface area contributed by atoms with E-state index < -0.39 is 0 Å². The molecule has 0 bridgehead atoms. The molecule has 2 rings (SSSR count). The van der Waals surface area contributed by atoms with Crippen molar-refractivity contribution in [3.8, 4) is 5.75 Å². The number of benzene rings is 1. The smallest absolute Gasteiger partial charge is 0.173 e. The van der Waals surface area contributed by atoms with E-state index in [2.05, 4.69) is 9.97 Å². The van der Waals surface area contributed by atoms with Crippen LogP contribution < -0.4 is 4.74 Å². The van der Waals surface area contributed by atoms with Gasteiger partial charge in [-0.1, -0.05) is 23.9 Å². The van der Waals surface area contributed by atoms with Crippen LogP contribution in [0, 0.1) is 0 Å². The first kappa shape index (κ1) is 11.7. The topological polar surface area (TPSA) is 55.0 Å². The molecule has 88 valence electrons. The molecule has 0 saturated carbocycles. The average molecular weight is 248 g/mol. The minimum Gasteiger partial charge on any atom is -0.497 e. The van der Waals surface area contributed by atoms with Crippen LogP contribution in [0.15, 0.2) is 41.8 Å². The molecular formula is C12H12N2O2S. The molecule has 1 aromatic heterocycles. The minimum atomic E-state index is 0.0605. The largest absolute Gasteiger partial charge is 0.497 e. The maximum atomic E-state index is 11.9. The fourth-order valence-electron chi connectivity index (χ4n) is 1.34. The third-order valence-electron chi connectivity index (χ3n) is 2.20. The molecule has 17 heavy (non-hydrogen) atoms. The number of imidazole rings is 1. The maximum absolute atomic E-state index is 11.9. The monoisotopic (exact) mass is 248 g/mol. The van der Waals surface area contributed by atoms with Crippen molar-refractivity contribution in [3.63, 3.8) is 0 Å². The number of ether oxygens (including phenoxy) is 1. The number of methoxy groups -OCH3 is 1. The highest BCUT2D eigenvalue weighted by Crippen LogP contribution is 2.17. The van der Waals surface area contributed by atoms with Crippen LogP contribution in [-0.4, -0.2) is 28.6 Å². The van der Waals surface area contributed by atoms with Gasteiger partial charge in [0, 0.05) is 18.0 Å². The van der Waals surface area contributed by atoms with Gasteiger partial charge in [-0.15, -0.1) is 0 Å². The third-order valence-corrected chi connectivity index (χ3v) is 3.11. The summed E-state index contributed by atoms with van der Waals surface area (Å²) in [7, 11) is 1.58. The number of nitrogens with zero attached hydrogens (tertiary/aromatic N) is 1. The Morgan fingerprint density at radius 2 is 2.41 bits per heavy atom. The van der Waals surface area contributed by atoms with Crippen molar-refractivity contribution in [1.29, 1.82) is 0 Å². The minimum absolute atomic E-state index is 0.0605.